The van der Waals surface area contributed by atoms with E-state index in [4.69, 9.17) is 4.74 Å². The van der Waals surface area contributed by atoms with Crippen LogP contribution >= 0.6 is 0 Å². The Morgan fingerprint density at radius 2 is 2.00 bits per heavy atom. The van der Waals surface area contributed by atoms with Crippen LogP contribution in [-0.4, -0.2) is 27.8 Å². The molecule has 0 saturated heterocycles. The van der Waals surface area contributed by atoms with E-state index in [0.717, 1.165) is 54.3 Å². The third-order valence-corrected chi connectivity index (χ3v) is 5.09. The van der Waals surface area contributed by atoms with Gasteiger partial charge in [-0.1, -0.05) is 30.2 Å². The topological polar surface area (TPSA) is 69.0 Å². The maximum atomic E-state index is 12.8. The van der Waals surface area contributed by atoms with E-state index in [1.807, 2.05) is 49.4 Å². The van der Waals surface area contributed by atoms with Crippen LogP contribution in [0.15, 0.2) is 42.5 Å². The quantitative estimate of drug-likeness (QED) is 0.739. The summed E-state index contributed by atoms with van der Waals surface area (Å²) in [7, 11) is 1.57. The van der Waals surface area contributed by atoms with Crippen molar-refractivity contribution in [3.8, 4) is 17.1 Å². The lowest BCUT2D eigenvalue weighted by Gasteiger charge is -2.12. The molecule has 6 nitrogen and oxygen atoms in total. The molecule has 0 bridgehead atoms. The Morgan fingerprint density at radius 1 is 1.11 bits per heavy atom. The summed E-state index contributed by atoms with van der Waals surface area (Å²) < 4.78 is 7.54. The van der Waals surface area contributed by atoms with Crippen molar-refractivity contribution in [2.75, 3.05) is 12.4 Å². The van der Waals surface area contributed by atoms with Crippen LogP contribution in [0, 0.1) is 6.92 Å². The number of hydrogen-bond acceptors (Lipinski definition) is 4. The zero-order chi connectivity index (χ0) is 19.5. The van der Waals surface area contributed by atoms with E-state index in [-0.39, 0.29) is 5.91 Å². The highest BCUT2D eigenvalue weighted by atomic mass is 16.5. The Morgan fingerprint density at radius 3 is 2.86 bits per heavy atom. The molecule has 0 spiro atoms. The first-order chi connectivity index (χ1) is 13.7. The summed E-state index contributed by atoms with van der Waals surface area (Å²) in [5.41, 5.74) is 3.20. The molecular formula is C22H24N4O2. The van der Waals surface area contributed by atoms with Crippen molar-refractivity contribution >= 4 is 11.6 Å². The number of amides is 1. The van der Waals surface area contributed by atoms with Crippen LogP contribution in [0.4, 0.5) is 5.69 Å². The summed E-state index contributed by atoms with van der Waals surface area (Å²) in [6.07, 6.45) is 4.49. The predicted molar refractivity (Wildman–Crippen MR) is 109 cm³/mol. The van der Waals surface area contributed by atoms with Gasteiger partial charge in [0, 0.05) is 24.2 Å². The second-order valence-corrected chi connectivity index (χ2v) is 7.14. The summed E-state index contributed by atoms with van der Waals surface area (Å²) in [6, 6.07) is 13.3. The largest absolute Gasteiger partial charge is 0.496 e. The maximum absolute atomic E-state index is 12.8. The van der Waals surface area contributed by atoms with E-state index in [1.165, 1.54) is 6.42 Å². The Kier molecular flexibility index (Phi) is 5.10. The number of nitrogens with one attached hydrogen (secondary N) is 1. The molecule has 2 aromatic carbocycles. The van der Waals surface area contributed by atoms with E-state index in [9.17, 15) is 4.79 Å². The maximum Gasteiger partial charge on any atom is 0.259 e. The number of rotatable bonds is 4. The molecule has 1 amide bonds. The molecular weight excluding hydrogens is 352 g/mol. The van der Waals surface area contributed by atoms with Crippen molar-refractivity contribution in [1.82, 2.24) is 14.8 Å². The van der Waals surface area contributed by atoms with Gasteiger partial charge >= 0.3 is 0 Å². The lowest BCUT2D eigenvalue weighted by molar-refractivity contribution is 0.102. The van der Waals surface area contributed by atoms with Crippen molar-refractivity contribution in [3.63, 3.8) is 0 Å². The van der Waals surface area contributed by atoms with Gasteiger partial charge in [-0.25, -0.2) is 0 Å². The Labute approximate surface area is 164 Å². The average Bonchev–Trinajstić information content (AvgIpc) is 2.96. The van der Waals surface area contributed by atoms with Gasteiger partial charge in [-0.3, -0.25) is 4.79 Å². The van der Waals surface area contributed by atoms with Gasteiger partial charge < -0.3 is 14.6 Å². The van der Waals surface area contributed by atoms with E-state index >= 15 is 0 Å². The first-order valence-corrected chi connectivity index (χ1v) is 9.64. The van der Waals surface area contributed by atoms with Gasteiger partial charge in [0.1, 0.15) is 11.6 Å². The van der Waals surface area contributed by atoms with Gasteiger partial charge in [-0.2, -0.15) is 0 Å². The Bertz CT molecular complexity index is 1010. The molecule has 28 heavy (non-hydrogen) atoms. The minimum atomic E-state index is -0.197. The van der Waals surface area contributed by atoms with Crippen LogP contribution in [0.3, 0.4) is 0 Å². The molecule has 144 valence electrons. The number of carbonyl (C=O) groups excluding carboxylic acids is 1. The SMILES string of the molecule is COc1ccc(C)cc1C(=O)Nc1cccc(-c2nnc3n2CCCCC3)c1. The fourth-order valence-corrected chi connectivity index (χ4v) is 3.63. The second-order valence-electron chi connectivity index (χ2n) is 7.14. The van der Waals surface area contributed by atoms with E-state index < -0.39 is 0 Å². The normalized spacial score (nSPS) is 13.5. The number of methoxy groups -OCH3 is 1. The molecule has 1 aliphatic rings. The summed E-state index contributed by atoms with van der Waals surface area (Å²) in [5.74, 6) is 2.27. The Hall–Kier alpha value is -3.15. The number of anilines is 1. The van der Waals surface area contributed by atoms with Gasteiger partial charge in [-0.15, -0.1) is 10.2 Å². The van der Waals surface area contributed by atoms with E-state index in [0.29, 0.717) is 11.3 Å². The minimum absolute atomic E-state index is 0.197. The highest BCUT2D eigenvalue weighted by molar-refractivity contribution is 6.06. The number of hydrogen-bond donors (Lipinski definition) is 1. The Balaban J connectivity index is 1.61. The van der Waals surface area contributed by atoms with Crippen LogP contribution in [0.25, 0.3) is 11.4 Å². The smallest absolute Gasteiger partial charge is 0.259 e. The fraction of sp³-hybridized carbons (Fsp3) is 0.318. The molecule has 1 N–H and O–H groups in total. The van der Waals surface area contributed by atoms with Crippen molar-refractivity contribution in [2.24, 2.45) is 0 Å². The molecule has 3 aromatic rings. The lowest BCUT2D eigenvalue weighted by Crippen LogP contribution is -2.13. The molecule has 0 unspecified atom stereocenters. The fourth-order valence-electron chi connectivity index (χ4n) is 3.63. The predicted octanol–water partition coefficient (Wildman–Crippen LogP) is 4.24. The number of nitrogens with zero attached hydrogens (tertiary/aromatic N) is 3. The first-order valence-electron chi connectivity index (χ1n) is 9.64. The number of aryl methyl sites for hydroxylation is 2. The summed E-state index contributed by atoms with van der Waals surface area (Å²) in [6.45, 7) is 2.89. The average molecular weight is 376 g/mol. The molecule has 2 heterocycles. The monoisotopic (exact) mass is 376 g/mol. The lowest BCUT2D eigenvalue weighted by atomic mass is 10.1. The van der Waals surface area contributed by atoms with Gasteiger partial charge in [-0.05, 0) is 44.0 Å². The van der Waals surface area contributed by atoms with E-state index in [2.05, 4.69) is 20.1 Å². The number of ether oxygens (including phenoxy) is 1. The van der Waals surface area contributed by atoms with E-state index in [1.54, 1.807) is 7.11 Å². The molecule has 4 rings (SSSR count). The van der Waals surface area contributed by atoms with Crippen LogP contribution < -0.4 is 10.1 Å². The number of carbonyl (C=O) groups is 1. The van der Waals surface area contributed by atoms with Crippen LogP contribution in [0.1, 0.15) is 41.0 Å². The summed E-state index contributed by atoms with van der Waals surface area (Å²) in [5, 5.41) is 11.8. The number of fused-ring (bicyclic) bond motifs is 1. The van der Waals surface area contributed by atoms with Crippen LogP contribution in [-0.2, 0) is 13.0 Å². The summed E-state index contributed by atoms with van der Waals surface area (Å²) in [4.78, 5) is 12.8. The standard InChI is InChI=1S/C22H24N4O2/c1-15-10-11-19(28-2)18(13-15)22(27)23-17-8-6-7-16(14-17)21-25-24-20-9-4-3-5-12-26(20)21/h6-8,10-11,13-14H,3-5,9,12H2,1-2H3,(H,23,27). The molecule has 0 atom stereocenters. The number of aromatic nitrogens is 3. The van der Waals surface area contributed by atoms with Crippen molar-refractivity contribution < 1.29 is 9.53 Å². The van der Waals surface area contributed by atoms with Crippen LogP contribution in [0.5, 0.6) is 5.75 Å². The zero-order valence-corrected chi connectivity index (χ0v) is 16.2. The van der Waals surface area contributed by atoms with Gasteiger partial charge in [0.05, 0.1) is 12.7 Å². The third kappa shape index (κ3) is 3.63. The molecule has 0 radical (unpaired) electrons. The van der Waals surface area contributed by atoms with Gasteiger partial charge in [0.2, 0.25) is 0 Å². The van der Waals surface area contributed by atoms with Gasteiger partial charge in [0.15, 0.2) is 5.82 Å². The van der Waals surface area contributed by atoms with Crippen molar-refractivity contribution in [1.29, 1.82) is 0 Å². The molecule has 1 aliphatic heterocycles. The second kappa shape index (κ2) is 7.84. The highest BCUT2D eigenvalue weighted by Gasteiger charge is 2.17. The molecule has 0 saturated carbocycles. The third-order valence-electron chi connectivity index (χ3n) is 5.09. The number of benzene rings is 2. The molecule has 0 fully saturated rings. The van der Waals surface area contributed by atoms with Crippen LogP contribution in [0.2, 0.25) is 0 Å². The molecule has 6 heteroatoms. The van der Waals surface area contributed by atoms with Crippen molar-refractivity contribution in [2.45, 2.75) is 39.2 Å². The van der Waals surface area contributed by atoms with Crippen molar-refractivity contribution in [3.05, 3.63) is 59.4 Å². The highest BCUT2D eigenvalue weighted by Crippen LogP contribution is 2.26. The minimum Gasteiger partial charge on any atom is -0.496 e. The zero-order valence-electron chi connectivity index (χ0n) is 16.2. The molecule has 0 aliphatic carbocycles. The van der Waals surface area contributed by atoms with Gasteiger partial charge in [0.25, 0.3) is 5.91 Å². The summed E-state index contributed by atoms with van der Waals surface area (Å²) >= 11 is 0. The molecule has 1 aromatic heterocycles. The first kappa shape index (κ1) is 18.2.